The quantitative estimate of drug-likeness (QED) is 0.647. The predicted octanol–water partition coefficient (Wildman–Crippen LogP) is -0.153. The van der Waals surface area contributed by atoms with E-state index in [1.54, 1.807) is 14.0 Å². The van der Waals surface area contributed by atoms with E-state index in [0.717, 1.165) is 0 Å². The van der Waals surface area contributed by atoms with E-state index in [2.05, 4.69) is 5.10 Å². The summed E-state index contributed by atoms with van der Waals surface area (Å²) in [6.07, 6.45) is -0.118. The molecule has 0 fully saturated rings. The summed E-state index contributed by atoms with van der Waals surface area (Å²) in [7, 11) is 1.69. The van der Waals surface area contributed by atoms with E-state index in [1.165, 1.54) is 10.9 Å². The van der Waals surface area contributed by atoms with Crippen molar-refractivity contribution < 1.29 is 15.0 Å². The van der Waals surface area contributed by atoms with Crippen molar-refractivity contribution in [3.63, 3.8) is 0 Å². The molecule has 0 saturated carbocycles. The summed E-state index contributed by atoms with van der Waals surface area (Å²) in [5.74, 6) is -1.26. The minimum Gasteiger partial charge on any atom is -0.479 e. The molecule has 0 bridgehead atoms. The van der Waals surface area contributed by atoms with Gasteiger partial charge >= 0.3 is 5.97 Å². The number of carboxylic acid groups (broad SMARTS) is 1. The lowest BCUT2D eigenvalue weighted by atomic mass is 10.1. The van der Waals surface area contributed by atoms with Gasteiger partial charge in [-0.3, -0.25) is 4.68 Å². The summed E-state index contributed by atoms with van der Waals surface area (Å²) < 4.78 is 1.52. The van der Waals surface area contributed by atoms with Gasteiger partial charge in [0.25, 0.3) is 0 Å². The number of aliphatic carboxylic acids is 1. The summed E-state index contributed by atoms with van der Waals surface area (Å²) in [6, 6.07) is 0. The van der Waals surface area contributed by atoms with Gasteiger partial charge in [-0.05, 0) is 6.92 Å². The third-order valence-corrected chi connectivity index (χ3v) is 1.80. The number of nitrogens with zero attached hydrogens (tertiary/aromatic N) is 2. The summed E-state index contributed by atoms with van der Waals surface area (Å²) in [5.41, 5.74) is 0.995. The number of aliphatic hydroxyl groups excluding tert-OH is 1. The van der Waals surface area contributed by atoms with Crippen molar-refractivity contribution in [3.8, 4) is 0 Å². The first-order valence-electron chi connectivity index (χ1n) is 3.43. The molecule has 12 heavy (non-hydrogen) atoms. The van der Waals surface area contributed by atoms with Crippen LogP contribution in [0.25, 0.3) is 0 Å². The number of rotatable bonds is 2. The Balaban J connectivity index is 3.03. The molecule has 66 valence electrons. The molecular formula is C7H10N2O3. The molecule has 1 heterocycles. The predicted molar refractivity (Wildman–Crippen MR) is 40.5 cm³/mol. The van der Waals surface area contributed by atoms with Crippen molar-refractivity contribution in [3.05, 3.63) is 17.5 Å². The van der Waals surface area contributed by atoms with Crippen molar-refractivity contribution in [1.82, 2.24) is 9.78 Å². The minimum absolute atomic E-state index is 0.338. The Kier molecular flexibility index (Phi) is 2.14. The summed E-state index contributed by atoms with van der Waals surface area (Å²) in [4.78, 5) is 10.4. The van der Waals surface area contributed by atoms with Gasteiger partial charge < -0.3 is 10.2 Å². The van der Waals surface area contributed by atoms with Gasteiger partial charge in [-0.2, -0.15) is 5.10 Å². The van der Waals surface area contributed by atoms with E-state index in [4.69, 9.17) is 10.2 Å². The fourth-order valence-corrected chi connectivity index (χ4v) is 0.917. The highest BCUT2D eigenvalue weighted by Gasteiger charge is 2.20. The number of aryl methyl sites for hydroxylation is 1. The molecule has 0 aliphatic carbocycles. The summed E-state index contributed by atoms with van der Waals surface area (Å²) in [6.45, 7) is 1.70. The van der Waals surface area contributed by atoms with E-state index in [0.29, 0.717) is 11.3 Å². The first-order valence-corrected chi connectivity index (χ1v) is 3.43. The highest BCUT2D eigenvalue weighted by molar-refractivity contribution is 5.74. The Labute approximate surface area is 69.2 Å². The molecule has 5 heteroatoms. The molecule has 2 N–H and O–H groups in total. The lowest BCUT2D eigenvalue weighted by Gasteiger charge is -2.03. The molecule has 0 radical (unpaired) electrons. The number of hydrogen-bond acceptors (Lipinski definition) is 3. The molecular weight excluding hydrogens is 160 g/mol. The summed E-state index contributed by atoms with van der Waals surface area (Å²) >= 11 is 0. The highest BCUT2D eigenvalue weighted by atomic mass is 16.4. The molecule has 5 nitrogen and oxygen atoms in total. The SMILES string of the molecule is Cc1c(C(O)C(=O)O)cnn1C. The average Bonchev–Trinajstić information content (AvgIpc) is 2.32. The molecule has 1 rings (SSSR count). The molecule has 0 spiro atoms. The van der Waals surface area contributed by atoms with Crippen LogP contribution in [-0.4, -0.2) is 26.0 Å². The fraction of sp³-hybridized carbons (Fsp3) is 0.429. The third kappa shape index (κ3) is 1.31. The van der Waals surface area contributed by atoms with Crippen molar-refractivity contribution in [2.45, 2.75) is 13.0 Å². The molecule has 1 aromatic rings. The topological polar surface area (TPSA) is 75.3 Å². The van der Waals surface area contributed by atoms with Crippen molar-refractivity contribution in [1.29, 1.82) is 0 Å². The lowest BCUT2D eigenvalue weighted by Crippen LogP contribution is -2.11. The van der Waals surface area contributed by atoms with Crippen LogP contribution >= 0.6 is 0 Å². The highest BCUT2D eigenvalue weighted by Crippen LogP contribution is 2.15. The maximum Gasteiger partial charge on any atom is 0.337 e. The normalized spacial score (nSPS) is 12.9. The maximum atomic E-state index is 10.4. The van der Waals surface area contributed by atoms with Crippen LogP contribution < -0.4 is 0 Å². The Bertz CT molecular complexity index is 306. The number of aromatic nitrogens is 2. The van der Waals surface area contributed by atoms with Crippen LogP contribution in [0.5, 0.6) is 0 Å². The largest absolute Gasteiger partial charge is 0.479 e. The van der Waals surface area contributed by atoms with E-state index in [9.17, 15) is 4.79 Å². The number of carboxylic acids is 1. The standard InChI is InChI=1S/C7H10N2O3/c1-4-5(3-8-9(4)2)6(10)7(11)12/h3,6,10H,1-2H3,(H,11,12). The fourth-order valence-electron chi connectivity index (χ4n) is 0.917. The van der Waals surface area contributed by atoms with Crippen LogP contribution in [0.2, 0.25) is 0 Å². The molecule has 0 saturated heterocycles. The van der Waals surface area contributed by atoms with E-state index >= 15 is 0 Å². The van der Waals surface area contributed by atoms with Crippen LogP contribution in [-0.2, 0) is 11.8 Å². The molecule has 1 aromatic heterocycles. The Morgan fingerprint density at radius 3 is 2.67 bits per heavy atom. The van der Waals surface area contributed by atoms with Crippen LogP contribution in [0.15, 0.2) is 6.20 Å². The summed E-state index contributed by atoms with van der Waals surface area (Å²) in [5, 5.41) is 21.4. The number of carbonyl (C=O) groups is 1. The van der Waals surface area contributed by atoms with E-state index < -0.39 is 12.1 Å². The monoisotopic (exact) mass is 170 g/mol. The van der Waals surface area contributed by atoms with Gasteiger partial charge in [0.1, 0.15) is 0 Å². The molecule has 0 aromatic carbocycles. The second kappa shape index (κ2) is 2.94. The lowest BCUT2D eigenvalue weighted by molar-refractivity contribution is -0.147. The molecule has 0 amide bonds. The van der Waals surface area contributed by atoms with Gasteiger partial charge in [-0.1, -0.05) is 0 Å². The third-order valence-electron chi connectivity index (χ3n) is 1.80. The van der Waals surface area contributed by atoms with Gasteiger partial charge in [-0.25, -0.2) is 4.79 Å². The van der Waals surface area contributed by atoms with Gasteiger partial charge in [0.05, 0.1) is 6.20 Å². The van der Waals surface area contributed by atoms with E-state index in [-0.39, 0.29) is 0 Å². The average molecular weight is 170 g/mol. The van der Waals surface area contributed by atoms with Gasteiger partial charge in [0.2, 0.25) is 0 Å². The Hall–Kier alpha value is -1.36. The zero-order valence-corrected chi connectivity index (χ0v) is 6.85. The van der Waals surface area contributed by atoms with Crippen LogP contribution in [0.1, 0.15) is 17.4 Å². The van der Waals surface area contributed by atoms with Crippen LogP contribution in [0.4, 0.5) is 0 Å². The number of aliphatic hydroxyl groups is 1. The molecule has 1 unspecified atom stereocenters. The van der Waals surface area contributed by atoms with Gasteiger partial charge in [-0.15, -0.1) is 0 Å². The van der Waals surface area contributed by atoms with Crippen molar-refractivity contribution >= 4 is 5.97 Å². The van der Waals surface area contributed by atoms with E-state index in [1.807, 2.05) is 0 Å². The van der Waals surface area contributed by atoms with Crippen LogP contribution in [0.3, 0.4) is 0 Å². The number of hydrogen-bond donors (Lipinski definition) is 2. The second-order valence-electron chi connectivity index (χ2n) is 2.55. The Morgan fingerprint density at radius 1 is 1.75 bits per heavy atom. The second-order valence-corrected chi connectivity index (χ2v) is 2.55. The molecule has 1 atom stereocenters. The minimum atomic E-state index is -1.47. The molecule has 0 aliphatic heterocycles. The Morgan fingerprint density at radius 2 is 2.33 bits per heavy atom. The van der Waals surface area contributed by atoms with Gasteiger partial charge in [0.15, 0.2) is 6.10 Å². The first kappa shape index (κ1) is 8.73. The zero-order chi connectivity index (χ0) is 9.30. The van der Waals surface area contributed by atoms with Gasteiger partial charge in [0, 0.05) is 18.3 Å². The maximum absolute atomic E-state index is 10.4. The zero-order valence-electron chi connectivity index (χ0n) is 6.85. The van der Waals surface area contributed by atoms with Crippen molar-refractivity contribution in [2.75, 3.05) is 0 Å². The van der Waals surface area contributed by atoms with Crippen molar-refractivity contribution in [2.24, 2.45) is 7.05 Å². The first-order chi connectivity index (χ1) is 5.54. The molecule has 0 aliphatic rings. The van der Waals surface area contributed by atoms with Crippen LogP contribution in [0, 0.1) is 6.92 Å². The smallest absolute Gasteiger partial charge is 0.337 e.